The quantitative estimate of drug-likeness (QED) is 0.128. The first-order valence-corrected chi connectivity index (χ1v) is 19.5. The van der Waals surface area contributed by atoms with E-state index in [1.54, 1.807) is 9.66 Å². The van der Waals surface area contributed by atoms with Crippen molar-refractivity contribution < 1.29 is 57.9 Å². The van der Waals surface area contributed by atoms with E-state index >= 15 is 0 Å². The highest BCUT2D eigenvalue weighted by molar-refractivity contribution is 7.91. The van der Waals surface area contributed by atoms with E-state index in [-0.39, 0.29) is 15.0 Å². The minimum Gasteiger partial charge on any atom is -0.476 e. The van der Waals surface area contributed by atoms with Crippen molar-refractivity contribution in [2.45, 2.75) is 12.4 Å². The lowest BCUT2D eigenvalue weighted by molar-refractivity contribution is -0.138. The lowest BCUT2D eigenvalue weighted by atomic mass is 10.1. The number of nitrogens with zero attached hydrogens (tertiary/aromatic N) is 7. The number of hydrogen-bond donors (Lipinski definition) is 5. The summed E-state index contributed by atoms with van der Waals surface area (Å²) < 4.78 is 129. The van der Waals surface area contributed by atoms with Gasteiger partial charge in [0.25, 0.3) is 17.0 Å². The Balaban J connectivity index is 0.000000228. The third-order valence-corrected chi connectivity index (χ3v) is 8.75. The predicted octanol–water partition coefficient (Wildman–Crippen LogP) is 0.195. The van der Waals surface area contributed by atoms with Gasteiger partial charge >= 0.3 is 29.7 Å². The molecule has 5 N–H and O–H groups in total. The standard InChI is InChI=1S/C16H15F3N6O5S.C14H10F3N5O6S/c1-23(2)14(27)11-6-24(7-20-11)12-4-8-10(5-9(12)16(17,18)19)21-15(28)25(13(8)26)22-31(3,29)30;1-29(27,28)20-22-11(23)6-2-10(21-4-9(12(24)25)18-5-21)7(14(15,16)17)3-8(6)19-13(22)26/h4-7,22H,1-3H3,(H,21,28);2-5,20H,1H3,(H,19,26)(H,24,25). The van der Waals surface area contributed by atoms with E-state index in [1.165, 1.54) is 19.0 Å². The number of alkyl halides is 6. The molecule has 0 saturated carbocycles. The zero-order valence-electron chi connectivity index (χ0n) is 30.4. The molecule has 0 unspecified atom stereocenters. The number of aromatic carboxylic acids is 1. The number of nitrogens with one attached hydrogen (secondary N) is 4. The maximum Gasteiger partial charge on any atom is 0.418 e. The average molecular weight is 894 g/mol. The monoisotopic (exact) mass is 893 g/mol. The Bertz CT molecular complexity index is 3220. The lowest BCUT2D eigenvalue weighted by Crippen LogP contribution is -2.43. The molecule has 0 spiro atoms. The minimum absolute atomic E-state index is 0.0886. The minimum atomic E-state index is -4.94. The average Bonchev–Trinajstić information content (AvgIpc) is 3.81. The van der Waals surface area contributed by atoms with E-state index in [4.69, 9.17) is 5.11 Å². The van der Waals surface area contributed by atoms with Crippen LogP contribution in [0.5, 0.6) is 0 Å². The number of hydrogen-bond acceptors (Lipinski definition) is 12. The van der Waals surface area contributed by atoms with Crippen LogP contribution < -0.4 is 32.2 Å². The third kappa shape index (κ3) is 9.22. The Kier molecular flexibility index (Phi) is 11.1. The molecule has 320 valence electrons. The first-order valence-electron chi connectivity index (χ1n) is 15.8. The topological polar surface area (TPSA) is 295 Å². The van der Waals surface area contributed by atoms with Crippen LogP contribution in [0.15, 0.2) is 68.5 Å². The number of H-pyrrole nitrogens is 2. The number of carbonyl (C=O) groups is 2. The van der Waals surface area contributed by atoms with Crippen molar-refractivity contribution in [2.24, 2.45) is 0 Å². The summed E-state index contributed by atoms with van der Waals surface area (Å²) in [6, 6.07) is 2.59. The molecule has 22 nitrogen and oxygen atoms in total. The molecule has 0 atom stereocenters. The van der Waals surface area contributed by atoms with Crippen molar-refractivity contribution in [1.29, 1.82) is 0 Å². The lowest BCUT2D eigenvalue weighted by Gasteiger charge is -2.15. The van der Waals surface area contributed by atoms with E-state index in [1.807, 2.05) is 9.97 Å². The Hall–Kier alpha value is -7.24. The van der Waals surface area contributed by atoms with E-state index in [0.29, 0.717) is 24.6 Å². The van der Waals surface area contributed by atoms with Gasteiger partial charge in [0.05, 0.1) is 56.8 Å². The second kappa shape index (κ2) is 15.2. The summed E-state index contributed by atoms with van der Waals surface area (Å²) in [6.45, 7) is 0. The predicted molar refractivity (Wildman–Crippen MR) is 195 cm³/mol. The molecule has 6 rings (SSSR count). The number of amides is 1. The fourth-order valence-electron chi connectivity index (χ4n) is 5.24. The fourth-order valence-corrected chi connectivity index (χ4v) is 6.24. The molecule has 4 aromatic heterocycles. The van der Waals surface area contributed by atoms with Gasteiger partial charge in [-0.25, -0.2) is 50.8 Å². The van der Waals surface area contributed by atoms with Crippen LogP contribution in [0.2, 0.25) is 0 Å². The Morgan fingerprint density at radius 2 is 1.05 bits per heavy atom. The van der Waals surface area contributed by atoms with Crippen molar-refractivity contribution in [3.8, 4) is 11.4 Å². The van der Waals surface area contributed by atoms with Crippen molar-refractivity contribution >= 4 is 53.7 Å². The molecule has 1 amide bonds. The van der Waals surface area contributed by atoms with Gasteiger partial charge in [-0.1, -0.05) is 0 Å². The van der Waals surface area contributed by atoms with Crippen LogP contribution in [0.3, 0.4) is 0 Å². The number of halogens is 6. The van der Waals surface area contributed by atoms with E-state index in [9.17, 15) is 71.9 Å². The maximum atomic E-state index is 13.7. The van der Waals surface area contributed by atoms with Gasteiger partial charge in [-0.15, -0.1) is 0 Å². The highest BCUT2D eigenvalue weighted by Gasteiger charge is 2.36. The highest BCUT2D eigenvalue weighted by Crippen LogP contribution is 2.37. The van der Waals surface area contributed by atoms with E-state index in [2.05, 4.69) is 9.97 Å². The van der Waals surface area contributed by atoms with Crippen molar-refractivity contribution in [3.63, 3.8) is 0 Å². The Labute approximate surface area is 328 Å². The van der Waals surface area contributed by atoms with Crippen LogP contribution in [0, 0.1) is 0 Å². The molecule has 0 bridgehead atoms. The summed E-state index contributed by atoms with van der Waals surface area (Å²) in [4.78, 5) is 87.9. The molecule has 0 aliphatic heterocycles. The smallest absolute Gasteiger partial charge is 0.418 e. The molecule has 0 saturated heterocycles. The van der Waals surface area contributed by atoms with Gasteiger partial charge in [0.1, 0.15) is 18.3 Å². The van der Waals surface area contributed by atoms with Gasteiger partial charge in [-0.2, -0.15) is 35.7 Å². The number of fused-ring (bicyclic) bond motifs is 2. The van der Waals surface area contributed by atoms with Crippen LogP contribution >= 0.6 is 0 Å². The largest absolute Gasteiger partial charge is 0.476 e. The molecule has 2 aromatic carbocycles. The zero-order valence-corrected chi connectivity index (χ0v) is 32.0. The first kappa shape index (κ1) is 43.9. The number of aromatic amines is 2. The number of rotatable bonds is 8. The van der Waals surface area contributed by atoms with Crippen LogP contribution in [0.4, 0.5) is 26.3 Å². The first-order chi connectivity index (χ1) is 27.5. The van der Waals surface area contributed by atoms with Gasteiger partial charge in [-0.3, -0.25) is 14.4 Å². The van der Waals surface area contributed by atoms with Crippen LogP contribution in [0.1, 0.15) is 32.1 Å². The fraction of sp³-hybridized carbons (Fsp3) is 0.200. The molecular weight excluding hydrogens is 869 g/mol. The summed E-state index contributed by atoms with van der Waals surface area (Å²) in [7, 11) is -5.23. The number of imidazole rings is 2. The molecular formula is C30H25F6N11O11S2. The SMILES string of the molecule is CN(C)C(=O)c1cn(-c2cc3c(=O)n(NS(C)(=O)=O)c(=O)[nH]c3cc2C(F)(F)F)cn1.CS(=O)(=O)Nn1c(=O)[nH]c2cc(C(F)(F)F)c(-n3cnc(C(=O)O)c3)cc2c1=O. The number of aromatic nitrogens is 8. The van der Waals surface area contributed by atoms with Crippen molar-refractivity contribution in [1.82, 2.24) is 43.3 Å². The number of benzene rings is 2. The molecule has 4 heterocycles. The van der Waals surface area contributed by atoms with E-state index in [0.717, 1.165) is 46.3 Å². The second-order valence-corrected chi connectivity index (χ2v) is 16.0. The number of carboxylic acid groups (broad SMARTS) is 1. The molecule has 6 aromatic rings. The number of sulfonamides is 2. The van der Waals surface area contributed by atoms with Gasteiger partial charge < -0.3 is 29.1 Å². The van der Waals surface area contributed by atoms with Gasteiger partial charge in [0, 0.05) is 26.5 Å². The molecule has 0 radical (unpaired) electrons. The molecule has 0 fully saturated rings. The summed E-state index contributed by atoms with van der Waals surface area (Å²) in [5.74, 6) is -2.04. The molecule has 0 aliphatic rings. The summed E-state index contributed by atoms with van der Waals surface area (Å²) in [6.07, 6.45) is -4.85. The van der Waals surface area contributed by atoms with Gasteiger partial charge in [0.2, 0.25) is 20.0 Å². The number of carboxylic acids is 1. The normalized spacial score (nSPS) is 12.2. The number of carbonyl (C=O) groups excluding carboxylic acids is 1. The van der Waals surface area contributed by atoms with E-state index < -0.39 is 117 Å². The van der Waals surface area contributed by atoms with Gasteiger partial charge in [-0.05, 0) is 24.3 Å². The Morgan fingerprint density at radius 3 is 1.37 bits per heavy atom. The molecule has 30 heteroatoms. The Morgan fingerprint density at radius 1 is 0.683 bits per heavy atom. The highest BCUT2D eigenvalue weighted by atomic mass is 32.2. The van der Waals surface area contributed by atoms with Crippen molar-refractivity contribution in [3.05, 3.63) is 114 Å². The van der Waals surface area contributed by atoms with Crippen LogP contribution in [0.25, 0.3) is 33.2 Å². The summed E-state index contributed by atoms with van der Waals surface area (Å²) >= 11 is 0. The van der Waals surface area contributed by atoms with Crippen LogP contribution in [-0.2, 0) is 32.4 Å². The third-order valence-electron chi connectivity index (χ3n) is 7.72. The molecule has 60 heavy (non-hydrogen) atoms. The summed E-state index contributed by atoms with van der Waals surface area (Å²) in [5, 5.41) is 8.04. The van der Waals surface area contributed by atoms with Crippen molar-refractivity contribution in [2.75, 3.05) is 36.3 Å². The zero-order chi connectivity index (χ0) is 45.0. The van der Waals surface area contributed by atoms with Crippen LogP contribution in [-0.4, -0.2) is 104 Å². The summed E-state index contributed by atoms with van der Waals surface area (Å²) in [5.41, 5.74) is -10.4. The molecule has 0 aliphatic carbocycles. The maximum absolute atomic E-state index is 13.7. The second-order valence-electron chi connectivity index (χ2n) is 12.5. The van der Waals surface area contributed by atoms with Gasteiger partial charge in [0.15, 0.2) is 5.69 Å².